The molecule has 0 aliphatic rings. The Bertz CT molecular complexity index is 832. The van der Waals surface area contributed by atoms with Gasteiger partial charge in [-0.05, 0) is 39.8 Å². The monoisotopic (exact) mass is 438 g/mol. The number of anilines is 1. The molecule has 11 heteroatoms. The topological polar surface area (TPSA) is 155 Å². The molecule has 0 aromatic heterocycles. The standard InChI is InChI=1S/C20H30N4O7/c1-13(23-19(26)31-20(2,3)4)7-8-22-17-15(24(27)28)11-14(18(21)25)12-16(17)30-10-6-9-29-5/h7,11-12,22H,6,8-10H2,1-5H3,(H2,21,25)(H,23,26)/b13-7+. The number of hydrogen-bond acceptors (Lipinski definition) is 8. The second kappa shape index (κ2) is 11.7. The third-order valence-electron chi connectivity index (χ3n) is 3.70. The van der Waals surface area contributed by atoms with Crippen LogP contribution in [0.25, 0.3) is 0 Å². The molecular formula is C20H30N4O7. The highest BCUT2D eigenvalue weighted by atomic mass is 16.6. The van der Waals surface area contributed by atoms with Crippen LogP contribution in [0, 0.1) is 10.1 Å². The van der Waals surface area contributed by atoms with Crippen LogP contribution in [0.15, 0.2) is 23.9 Å². The number of nitrogens with two attached hydrogens (primary N) is 1. The molecule has 172 valence electrons. The number of nitrogens with one attached hydrogen (secondary N) is 2. The lowest BCUT2D eigenvalue weighted by Crippen LogP contribution is -2.31. The van der Waals surface area contributed by atoms with E-state index in [2.05, 4.69) is 10.6 Å². The SMILES string of the molecule is COCCCOc1cc(C(N)=O)cc([N+](=O)[O-])c1NC/C=C(\C)NC(=O)OC(C)(C)C. The number of benzene rings is 1. The molecule has 0 spiro atoms. The van der Waals surface area contributed by atoms with Gasteiger partial charge in [0.1, 0.15) is 11.4 Å². The summed E-state index contributed by atoms with van der Waals surface area (Å²) >= 11 is 0. The first kappa shape index (κ1) is 25.7. The summed E-state index contributed by atoms with van der Waals surface area (Å²) in [4.78, 5) is 34.3. The predicted molar refractivity (Wildman–Crippen MR) is 115 cm³/mol. The summed E-state index contributed by atoms with van der Waals surface area (Å²) in [5.74, 6) is -0.695. The van der Waals surface area contributed by atoms with E-state index in [1.165, 1.54) is 6.07 Å². The fourth-order valence-corrected chi connectivity index (χ4v) is 2.39. The summed E-state index contributed by atoms with van der Waals surface area (Å²) < 4.78 is 15.8. The highest BCUT2D eigenvalue weighted by molar-refractivity contribution is 5.95. The van der Waals surface area contributed by atoms with Crippen molar-refractivity contribution in [1.82, 2.24) is 5.32 Å². The minimum atomic E-state index is -0.811. The smallest absolute Gasteiger partial charge is 0.411 e. The highest BCUT2D eigenvalue weighted by Gasteiger charge is 2.22. The van der Waals surface area contributed by atoms with Gasteiger partial charge in [0, 0.05) is 44.0 Å². The highest BCUT2D eigenvalue weighted by Crippen LogP contribution is 2.36. The number of allylic oxidation sites excluding steroid dienone is 1. The van der Waals surface area contributed by atoms with E-state index in [4.69, 9.17) is 19.9 Å². The molecule has 0 bridgehead atoms. The fourth-order valence-electron chi connectivity index (χ4n) is 2.39. The molecular weight excluding hydrogens is 408 g/mol. The maximum absolute atomic E-state index is 11.8. The van der Waals surface area contributed by atoms with Gasteiger partial charge in [-0.2, -0.15) is 0 Å². The van der Waals surface area contributed by atoms with Gasteiger partial charge >= 0.3 is 6.09 Å². The molecule has 0 atom stereocenters. The van der Waals surface area contributed by atoms with Crippen LogP contribution in [0.2, 0.25) is 0 Å². The van der Waals surface area contributed by atoms with Crippen molar-refractivity contribution in [3.05, 3.63) is 39.6 Å². The van der Waals surface area contributed by atoms with E-state index in [0.717, 1.165) is 6.07 Å². The summed E-state index contributed by atoms with van der Waals surface area (Å²) in [7, 11) is 1.55. The number of nitrogens with zero attached hydrogens (tertiary/aromatic N) is 1. The molecule has 1 aromatic rings. The van der Waals surface area contributed by atoms with Crippen LogP contribution in [0.3, 0.4) is 0 Å². The molecule has 1 aromatic carbocycles. The first-order chi connectivity index (χ1) is 14.4. The average molecular weight is 438 g/mol. The van der Waals surface area contributed by atoms with Gasteiger partial charge < -0.3 is 25.3 Å². The van der Waals surface area contributed by atoms with Crippen LogP contribution in [-0.4, -0.2) is 49.4 Å². The molecule has 0 aliphatic carbocycles. The van der Waals surface area contributed by atoms with Crippen molar-refractivity contribution >= 4 is 23.4 Å². The Morgan fingerprint density at radius 2 is 1.94 bits per heavy atom. The molecule has 0 heterocycles. The van der Waals surface area contributed by atoms with Gasteiger partial charge in [0.15, 0.2) is 5.69 Å². The number of methoxy groups -OCH3 is 1. The largest absolute Gasteiger partial charge is 0.491 e. The van der Waals surface area contributed by atoms with Gasteiger partial charge in [0.05, 0.1) is 11.5 Å². The Labute approximate surface area is 181 Å². The Morgan fingerprint density at radius 3 is 2.48 bits per heavy atom. The Hall–Kier alpha value is -3.34. The molecule has 31 heavy (non-hydrogen) atoms. The average Bonchev–Trinajstić information content (AvgIpc) is 2.63. The Kier molecular flexibility index (Phi) is 9.74. The Balaban J connectivity index is 3.02. The van der Waals surface area contributed by atoms with E-state index in [1.54, 1.807) is 40.9 Å². The summed E-state index contributed by atoms with van der Waals surface area (Å²) in [5.41, 5.74) is 4.83. The minimum absolute atomic E-state index is 0.0442. The van der Waals surface area contributed by atoms with E-state index >= 15 is 0 Å². The normalized spacial score (nSPS) is 11.6. The van der Waals surface area contributed by atoms with Crippen molar-refractivity contribution in [2.24, 2.45) is 5.73 Å². The van der Waals surface area contributed by atoms with Gasteiger partial charge in [-0.25, -0.2) is 4.79 Å². The quantitative estimate of drug-likeness (QED) is 0.270. The first-order valence-corrected chi connectivity index (χ1v) is 9.59. The van der Waals surface area contributed by atoms with Gasteiger partial charge in [-0.15, -0.1) is 0 Å². The van der Waals surface area contributed by atoms with Crippen LogP contribution in [-0.2, 0) is 9.47 Å². The molecule has 4 N–H and O–H groups in total. The van der Waals surface area contributed by atoms with Crippen molar-refractivity contribution in [2.75, 3.05) is 32.2 Å². The summed E-state index contributed by atoms with van der Waals surface area (Å²) in [6.45, 7) is 7.68. The number of alkyl carbamates (subject to hydrolysis) is 1. The van der Waals surface area contributed by atoms with Crippen LogP contribution >= 0.6 is 0 Å². The summed E-state index contributed by atoms with van der Waals surface area (Å²) in [5, 5.41) is 17.0. The maximum Gasteiger partial charge on any atom is 0.411 e. The zero-order valence-corrected chi connectivity index (χ0v) is 18.4. The molecule has 1 rings (SSSR count). The van der Waals surface area contributed by atoms with Crippen molar-refractivity contribution in [3.63, 3.8) is 0 Å². The summed E-state index contributed by atoms with van der Waals surface area (Å²) in [6, 6.07) is 2.43. The van der Waals surface area contributed by atoms with Crippen LogP contribution in [0.1, 0.15) is 44.5 Å². The molecule has 0 saturated carbocycles. The van der Waals surface area contributed by atoms with Gasteiger partial charge in [0.2, 0.25) is 5.91 Å². The third kappa shape index (κ3) is 9.34. The van der Waals surface area contributed by atoms with E-state index in [0.29, 0.717) is 18.7 Å². The molecule has 0 fully saturated rings. The van der Waals surface area contributed by atoms with Crippen LogP contribution in [0.4, 0.5) is 16.2 Å². The molecule has 2 amide bonds. The summed E-state index contributed by atoms with van der Waals surface area (Å²) in [6.07, 6.45) is 1.55. The van der Waals surface area contributed by atoms with E-state index in [1.807, 2.05) is 0 Å². The van der Waals surface area contributed by atoms with Crippen LogP contribution < -0.4 is 21.1 Å². The predicted octanol–water partition coefficient (Wildman–Crippen LogP) is 2.95. The zero-order chi connectivity index (χ0) is 23.6. The van der Waals surface area contributed by atoms with Crippen molar-refractivity contribution in [2.45, 2.75) is 39.7 Å². The third-order valence-corrected chi connectivity index (χ3v) is 3.70. The molecule has 0 saturated heterocycles. The number of hydrogen-bond donors (Lipinski definition) is 3. The number of ether oxygens (including phenoxy) is 3. The molecule has 0 aliphatic heterocycles. The molecule has 11 nitrogen and oxygen atoms in total. The lowest BCUT2D eigenvalue weighted by atomic mass is 10.1. The lowest BCUT2D eigenvalue weighted by Gasteiger charge is -2.19. The number of primary amides is 1. The maximum atomic E-state index is 11.8. The van der Waals surface area contributed by atoms with Crippen molar-refractivity contribution < 1.29 is 28.7 Å². The van der Waals surface area contributed by atoms with E-state index < -0.39 is 22.5 Å². The van der Waals surface area contributed by atoms with Gasteiger partial charge in [0.25, 0.3) is 5.69 Å². The molecule has 0 unspecified atom stereocenters. The van der Waals surface area contributed by atoms with Crippen molar-refractivity contribution in [3.8, 4) is 5.75 Å². The van der Waals surface area contributed by atoms with Gasteiger partial charge in [-0.3, -0.25) is 20.2 Å². The fraction of sp³-hybridized carbons (Fsp3) is 0.500. The number of nitro benzene ring substituents is 1. The zero-order valence-electron chi connectivity index (χ0n) is 18.4. The number of carbonyl (C=O) groups excluding carboxylic acids is 2. The second-order valence-corrected chi connectivity index (χ2v) is 7.58. The second-order valence-electron chi connectivity index (χ2n) is 7.58. The first-order valence-electron chi connectivity index (χ1n) is 9.59. The Morgan fingerprint density at radius 1 is 1.26 bits per heavy atom. The van der Waals surface area contributed by atoms with E-state index in [-0.39, 0.29) is 35.8 Å². The minimum Gasteiger partial charge on any atom is -0.491 e. The number of amides is 2. The number of rotatable bonds is 11. The van der Waals surface area contributed by atoms with Crippen LogP contribution in [0.5, 0.6) is 5.75 Å². The number of carbonyl (C=O) groups is 2. The molecule has 0 radical (unpaired) electrons. The number of nitro groups is 1. The lowest BCUT2D eigenvalue weighted by molar-refractivity contribution is -0.384. The van der Waals surface area contributed by atoms with Crippen molar-refractivity contribution in [1.29, 1.82) is 0 Å². The van der Waals surface area contributed by atoms with E-state index in [9.17, 15) is 19.7 Å². The van der Waals surface area contributed by atoms with Gasteiger partial charge in [-0.1, -0.05) is 0 Å².